The van der Waals surface area contributed by atoms with Crippen LogP contribution < -0.4 is 11.1 Å². The van der Waals surface area contributed by atoms with Crippen molar-refractivity contribution < 1.29 is 4.79 Å². The molecule has 0 aliphatic heterocycles. The molecule has 0 aromatic carbocycles. The molecule has 6 heteroatoms. The minimum atomic E-state index is -0.752. The Hall–Kier alpha value is -1.01. The highest BCUT2D eigenvalue weighted by Gasteiger charge is 2.40. The van der Waals surface area contributed by atoms with E-state index < -0.39 is 5.41 Å². The second-order valence-electron chi connectivity index (χ2n) is 4.68. The largest absolute Gasteiger partial charge is 0.392 e. The van der Waals surface area contributed by atoms with Gasteiger partial charge in [0, 0.05) is 11.1 Å². The molecule has 3 N–H and O–H groups in total. The van der Waals surface area contributed by atoms with Gasteiger partial charge in [0.1, 0.15) is 0 Å². The van der Waals surface area contributed by atoms with E-state index in [9.17, 15) is 4.79 Å². The van der Waals surface area contributed by atoms with Gasteiger partial charge in [0.2, 0.25) is 5.91 Å². The number of amides is 1. The van der Waals surface area contributed by atoms with Gasteiger partial charge in [-0.15, -0.1) is 11.3 Å². The summed E-state index contributed by atoms with van der Waals surface area (Å²) in [6.07, 6.45) is 4.81. The molecule has 19 heavy (non-hydrogen) atoms. The van der Waals surface area contributed by atoms with E-state index in [4.69, 9.17) is 18.0 Å². The molecule has 0 aliphatic carbocycles. The Morgan fingerprint density at radius 2 is 2.05 bits per heavy atom. The molecule has 106 valence electrons. The highest BCUT2D eigenvalue weighted by atomic mass is 32.1. The van der Waals surface area contributed by atoms with Gasteiger partial charge >= 0.3 is 0 Å². The third-order valence-corrected chi connectivity index (χ3v) is 4.32. The first-order valence-electron chi connectivity index (χ1n) is 6.50. The number of aryl methyl sites for hydroxylation is 1. The summed E-state index contributed by atoms with van der Waals surface area (Å²) in [5.41, 5.74) is 5.11. The van der Waals surface area contributed by atoms with Crippen molar-refractivity contribution in [2.24, 2.45) is 11.1 Å². The van der Waals surface area contributed by atoms with Gasteiger partial charge in [-0.2, -0.15) is 0 Å². The van der Waals surface area contributed by atoms with E-state index in [0.29, 0.717) is 18.0 Å². The van der Waals surface area contributed by atoms with Gasteiger partial charge in [-0.1, -0.05) is 38.9 Å². The van der Waals surface area contributed by atoms with Crippen LogP contribution in [-0.2, 0) is 4.79 Å². The van der Waals surface area contributed by atoms with Crippen LogP contribution in [0.5, 0.6) is 0 Å². The van der Waals surface area contributed by atoms with Crippen molar-refractivity contribution >= 4 is 39.6 Å². The van der Waals surface area contributed by atoms with Crippen molar-refractivity contribution in [1.29, 1.82) is 0 Å². The van der Waals surface area contributed by atoms with Crippen molar-refractivity contribution in [3.05, 3.63) is 11.1 Å². The van der Waals surface area contributed by atoms with Gasteiger partial charge < -0.3 is 11.1 Å². The van der Waals surface area contributed by atoms with Crippen LogP contribution in [0.15, 0.2) is 6.20 Å². The molecule has 1 aromatic rings. The normalized spacial score (nSPS) is 11.3. The summed E-state index contributed by atoms with van der Waals surface area (Å²) in [6.45, 7) is 6.01. The fraction of sp³-hybridized carbons (Fsp3) is 0.615. The lowest BCUT2D eigenvalue weighted by molar-refractivity contribution is -0.122. The Bertz CT molecular complexity index is 450. The van der Waals surface area contributed by atoms with E-state index >= 15 is 0 Å². The van der Waals surface area contributed by atoms with E-state index in [1.54, 1.807) is 6.20 Å². The van der Waals surface area contributed by atoms with Gasteiger partial charge in [-0.3, -0.25) is 4.79 Å². The monoisotopic (exact) mass is 299 g/mol. The molecule has 1 amide bonds. The van der Waals surface area contributed by atoms with Crippen LogP contribution in [0, 0.1) is 12.3 Å². The summed E-state index contributed by atoms with van der Waals surface area (Å²) in [7, 11) is 0. The van der Waals surface area contributed by atoms with E-state index in [1.807, 2.05) is 20.8 Å². The van der Waals surface area contributed by atoms with E-state index in [0.717, 1.165) is 17.7 Å². The SMILES string of the molecule is CCCC(CCC)(C(=O)Nc1ncc(C)s1)C(N)=S. The van der Waals surface area contributed by atoms with Crippen LogP contribution >= 0.6 is 23.6 Å². The lowest BCUT2D eigenvalue weighted by Crippen LogP contribution is -2.46. The number of thiazole rings is 1. The van der Waals surface area contributed by atoms with Crippen LogP contribution in [0.3, 0.4) is 0 Å². The average molecular weight is 299 g/mol. The lowest BCUT2D eigenvalue weighted by atomic mass is 9.78. The minimum absolute atomic E-state index is 0.127. The third-order valence-electron chi connectivity index (χ3n) is 3.10. The number of rotatable bonds is 7. The fourth-order valence-electron chi connectivity index (χ4n) is 2.19. The summed E-state index contributed by atoms with van der Waals surface area (Å²) in [4.78, 5) is 18.0. The molecular formula is C13H21N3OS2. The zero-order valence-corrected chi connectivity index (χ0v) is 13.3. The summed E-state index contributed by atoms with van der Waals surface area (Å²) >= 11 is 6.61. The molecule has 0 fully saturated rings. The van der Waals surface area contributed by atoms with Gasteiger partial charge in [0.15, 0.2) is 5.13 Å². The molecule has 0 unspecified atom stereocenters. The van der Waals surface area contributed by atoms with Crippen molar-refractivity contribution in [1.82, 2.24) is 4.98 Å². The first-order valence-corrected chi connectivity index (χ1v) is 7.72. The molecule has 0 aliphatic rings. The Morgan fingerprint density at radius 1 is 1.47 bits per heavy atom. The Kier molecular flexibility index (Phi) is 5.87. The zero-order chi connectivity index (χ0) is 14.5. The van der Waals surface area contributed by atoms with Crippen LogP contribution in [0.2, 0.25) is 0 Å². The number of carbonyl (C=O) groups excluding carboxylic acids is 1. The number of nitrogens with two attached hydrogens (primary N) is 1. The van der Waals surface area contributed by atoms with Crippen LogP contribution in [0.1, 0.15) is 44.4 Å². The standard InChI is InChI=1S/C13H21N3OS2/c1-4-6-13(7-5-2,10(14)18)11(17)16-12-15-8-9(3)19-12/h8H,4-7H2,1-3H3,(H2,14,18)(H,15,16,17). The highest BCUT2D eigenvalue weighted by Crippen LogP contribution is 2.32. The summed E-state index contributed by atoms with van der Waals surface area (Å²) in [5.74, 6) is -0.127. The number of carbonyl (C=O) groups is 1. The average Bonchev–Trinajstić information content (AvgIpc) is 2.73. The molecular weight excluding hydrogens is 278 g/mol. The Balaban J connectivity index is 2.95. The smallest absolute Gasteiger partial charge is 0.239 e. The first kappa shape index (κ1) is 16.0. The number of anilines is 1. The molecule has 0 spiro atoms. The minimum Gasteiger partial charge on any atom is -0.392 e. The number of hydrogen-bond donors (Lipinski definition) is 2. The topological polar surface area (TPSA) is 68.0 Å². The molecule has 1 heterocycles. The van der Waals surface area contributed by atoms with Crippen LogP contribution in [0.25, 0.3) is 0 Å². The molecule has 0 atom stereocenters. The van der Waals surface area contributed by atoms with E-state index in [-0.39, 0.29) is 10.9 Å². The Labute approximate surface area is 123 Å². The zero-order valence-electron chi connectivity index (χ0n) is 11.7. The van der Waals surface area contributed by atoms with Gasteiger partial charge in [0.25, 0.3) is 0 Å². The maximum absolute atomic E-state index is 12.6. The van der Waals surface area contributed by atoms with E-state index in [2.05, 4.69) is 10.3 Å². The number of nitrogens with zero attached hydrogens (tertiary/aromatic N) is 1. The second kappa shape index (κ2) is 6.96. The molecule has 0 radical (unpaired) electrons. The van der Waals surface area contributed by atoms with E-state index in [1.165, 1.54) is 11.3 Å². The number of thiocarbonyl (C=S) groups is 1. The van der Waals surface area contributed by atoms with Gasteiger partial charge in [0.05, 0.1) is 10.4 Å². The number of nitrogens with one attached hydrogen (secondary N) is 1. The Morgan fingerprint density at radius 3 is 2.42 bits per heavy atom. The van der Waals surface area contributed by atoms with Gasteiger partial charge in [-0.05, 0) is 19.8 Å². The van der Waals surface area contributed by atoms with Crippen molar-refractivity contribution in [2.75, 3.05) is 5.32 Å². The summed E-state index contributed by atoms with van der Waals surface area (Å²) in [5, 5.41) is 3.46. The maximum Gasteiger partial charge on any atom is 0.239 e. The fourth-order valence-corrected chi connectivity index (χ4v) is 3.15. The number of aromatic nitrogens is 1. The second-order valence-corrected chi connectivity index (χ2v) is 6.35. The first-order chi connectivity index (χ1) is 8.96. The quantitative estimate of drug-likeness (QED) is 0.758. The molecule has 1 aromatic heterocycles. The summed E-state index contributed by atoms with van der Waals surface area (Å²) < 4.78 is 0. The molecule has 0 saturated heterocycles. The lowest BCUT2D eigenvalue weighted by Gasteiger charge is -2.30. The number of hydrogen-bond acceptors (Lipinski definition) is 4. The molecule has 4 nitrogen and oxygen atoms in total. The van der Waals surface area contributed by atoms with Crippen LogP contribution in [-0.4, -0.2) is 15.9 Å². The van der Waals surface area contributed by atoms with Crippen molar-refractivity contribution in [3.8, 4) is 0 Å². The maximum atomic E-state index is 12.6. The van der Waals surface area contributed by atoms with Crippen LogP contribution in [0.4, 0.5) is 5.13 Å². The van der Waals surface area contributed by atoms with Crippen molar-refractivity contribution in [2.45, 2.75) is 46.5 Å². The molecule has 1 rings (SSSR count). The predicted molar refractivity (Wildman–Crippen MR) is 84.5 cm³/mol. The van der Waals surface area contributed by atoms with Crippen molar-refractivity contribution in [3.63, 3.8) is 0 Å². The predicted octanol–water partition coefficient (Wildman–Crippen LogP) is 3.26. The molecule has 0 saturated carbocycles. The highest BCUT2D eigenvalue weighted by molar-refractivity contribution is 7.80. The van der Waals surface area contributed by atoms with Gasteiger partial charge in [-0.25, -0.2) is 4.98 Å². The molecule has 0 bridgehead atoms. The summed E-state index contributed by atoms with van der Waals surface area (Å²) in [6, 6.07) is 0. The third kappa shape index (κ3) is 3.73.